The Labute approximate surface area is 177 Å². The lowest BCUT2D eigenvalue weighted by molar-refractivity contribution is 0.414. The van der Waals surface area contributed by atoms with E-state index in [2.05, 4.69) is 23.7 Å². The van der Waals surface area contributed by atoms with Gasteiger partial charge in [-0.05, 0) is 72.3 Å². The number of ether oxygens (including phenoxy) is 3. The van der Waals surface area contributed by atoms with Crippen molar-refractivity contribution in [1.82, 2.24) is 0 Å². The summed E-state index contributed by atoms with van der Waals surface area (Å²) in [6.07, 6.45) is 1.96. The zero-order valence-electron chi connectivity index (χ0n) is 17.2. The van der Waals surface area contributed by atoms with Gasteiger partial charge in [-0.3, -0.25) is 0 Å². The number of methoxy groups -OCH3 is 3. The summed E-state index contributed by atoms with van der Waals surface area (Å²) in [4.78, 5) is 0. The minimum atomic E-state index is 0.715. The maximum absolute atomic E-state index is 5.23. The van der Waals surface area contributed by atoms with E-state index in [1.165, 1.54) is 0 Å². The van der Waals surface area contributed by atoms with Crippen LogP contribution >= 0.6 is 0 Å². The Morgan fingerprint density at radius 3 is 1.30 bits per heavy atom. The van der Waals surface area contributed by atoms with Crippen molar-refractivity contribution in [3.63, 3.8) is 0 Å². The zero-order valence-corrected chi connectivity index (χ0v) is 17.2. The molecule has 0 aliphatic rings. The van der Waals surface area contributed by atoms with Gasteiger partial charge in [0.25, 0.3) is 0 Å². The average Bonchev–Trinajstić information content (AvgIpc) is 2.82. The Balaban J connectivity index is 1.92. The highest BCUT2D eigenvalue weighted by Gasteiger charge is 1.96. The molecule has 0 fully saturated rings. The van der Waals surface area contributed by atoms with Crippen LogP contribution in [0.5, 0.6) is 17.2 Å². The van der Waals surface area contributed by atoms with Gasteiger partial charge >= 0.3 is 0 Å². The molecule has 0 saturated carbocycles. The first-order valence-electron chi connectivity index (χ1n) is 9.38. The van der Waals surface area contributed by atoms with E-state index in [-0.39, 0.29) is 0 Å². The number of allylic oxidation sites excluding steroid dienone is 1. The molecule has 3 aromatic carbocycles. The van der Waals surface area contributed by atoms with Crippen LogP contribution in [0.2, 0.25) is 0 Å². The molecule has 3 rings (SSSR count). The molecule has 0 amide bonds. The molecule has 0 spiro atoms. The van der Waals surface area contributed by atoms with Gasteiger partial charge in [0, 0.05) is 11.1 Å². The molecule has 0 atom stereocenters. The standard InChI is InChI=1S/C27H22O3/c1-28-25-14-8-21(9-15-25)4-6-23(20-24-12-18-27(30-3)19-13-24)7-5-22-10-16-26(29-2)17-11-22/h8-20H,1-3H3. The Morgan fingerprint density at radius 2 is 0.933 bits per heavy atom. The SMILES string of the molecule is COc1ccc(C#CC(C#Cc2ccc(OC)cc2)=Cc2ccc(OC)cc2)cc1. The van der Waals surface area contributed by atoms with Crippen molar-refractivity contribution in [1.29, 1.82) is 0 Å². The molecule has 0 radical (unpaired) electrons. The first-order chi connectivity index (χ1) is 14.7. The second-order valence-electron chi connectivity index (χ2n) is 6.29. The summed E-state index contributed by atoms with van der Waals surface area (Å²) in [6, 6.07) is 23.0. The van der Waals surface area contributed by atoms with Crippen LogP contribution in [-0.4, -0.2) is 21.3 Å². The maximum Gasteiger partial charge on any atom is 0.118 e. The monoisotopic (exact) mass is 394 g/mol. The predicted octanol–water partition coefficient (Wildman–Crippen LogP) is 5.20. The summed E-state index contributed by atoms with van der Waals surface area (Å²) in [6.45, 7) is 0. The largest absolute Gasteiger partial charge is 0.497 e. The van der Waals surface area contributed by atoms with Crippen LogP contribution in [0.4, 0.5) is 0 Å². The first-order valence-corrected chi connectivity index (χ1v) is 9.38. The Hall–Kier alpha value is -4.08. The molecule has 3 aromatic rings. The number of hydrogen-bond donors (Lipinski definition) is 0. The maximum atomic E-state index is 5.23. The van der Waals surface area contributed by atoms with Crippen molar-refractivity contribution < 1.29 is 14.2 Å². The van der Waals surface area contributed by atoms with Crippen molar-refractivity contribution in [2.45, 2.75) is 0 Å². The summed E-state index contributed by atoms with van der Waals surface area (Å²) in [7, 11) is 4.94. The van der Waals surface area contributed by atoms with Crippen LogP contribution in [-0.2, 0) is 0 Å². The molecule has 3 nitrogen and oxygen atoms in total. The smallest absolute Gasteiger partial charge is 0.118 e. The van der Waals surface area contributed by atoms with Crippen LogP contribution in [0.1, 0.15) is 16.7 Å². The lowest BCUT2D eigenvalue weighted by Gasteiger charge is -2.00. The average molecular weight is 394 g/mol. The fraction of sp³-hybridized carbons (Fsp3) is 0.111. The van der Waals surface area contributed by atoms with Gasteiger partial charge < -0.3 is 14.2 Å². The van der Waals surface area contributed by atoms with Gasteiger partial charge in [0.05, 0.1) is 26.9 Å². The third kappa shape index (κ3) is 5.96. The predicted molar refractivity (Wildman–Crippen MR) is 121 cm³/mol. The van der Waals surface area contributed by atoms with E-state index in [1.54, 1.807) is 21.3 Å². The van der Waals surface area contributed by atoms with Crippen LogP contribution in [0.3, 0.4) is 0 Å². The molecule has 3 heteroatoms. The molecule has 0 aliphatic heterocycles. The molecule has 0 unspecified atom stereocenters. The molecule has 0 saturated heterocycles. The summed E-state index contributed by atoms with van der Waals surface area (Å²) >= 11 is 0. The quantitative estimate of drug-likeness (QED) is 0.570. The van der Waals surface area contributed by atoms with E-state index in [1.807, 2.05) is 78.9 Å². The summed E-state index contributed by atoms with van der Waals surface area (Å²) in [5, 5.41) is 0. The molecule has 0 heterocycles. The Morgan fingerprint density at radius 1 is 0.567 bits per heavy atom. The molecular formula is C27H22O3. The second kappa shape index (κ2) is 10.5. The van der Waals surface area contributed by atoms with Gasteiger partial charge in [-0.2, -0.15) is 0 Å². The van der Waals surface area contributed by atoms with E-state index < -0.39 is 0 Å². The Bertz CT molecular complexity index is 1050. The lowest BCUT2D eigenvalue weighted by Crippen LogP contribution is -1.84. The summed E-state index contributed by atoms with van der Waals surface area (Å²) < 4.78 is 15.6. The highest BCUT2D eigenvalue weighted by atomic mass is 16.5. The second-order valence-corrected chi connectivity index (χ2v) is 6.29. The highest BCUT2D eigenvalue weighted by Crippen LogP contribution is 2.15. The third-order valence-corrected chi connectivity index (χ3v) is 4.29. The minimum absolute atomic E-state index is 0.715. The van der Waals surface area contributed by atoms with Crippen molar-refractivity contribution in [2.24, 2.45) is 0 Å². The van der Waals surface area contributed by atoms with Crippen molar-refractivity contribution in [3.05, 3.63) is 95.1 Å². The molecule has 30 heavy (non-hydrogen) atoms. The van der Waals surface area contributed by atoms with Gasteiger partial charge in [-0.25, -0.2) is 0 Å². The molecule has 0 N–H and O–H groups in total. The van der Waals surface area contributed by atoms with E-state index >= 15 is 0 Å². The van der Waals surface area contributed by atoms with E-state index in [4.69, 9.17) is 14.2 Å². The van der Waals surface area contributed by atoms with Crippen molar-refractivity contribution in [3.8, 4) is 40.9 Å². The number of benzene rings is 3. The van der Waals surface area contributed by atoms with Gasteiger partial charge in [0.1, 0.15) is 17.2 Å². The fourth-order valence-corrected chi connectivity index (χ4v) is 2.60. The van der Waals surface area contributed by atoms with Crippen LogP contribution < -0.4 is 14.2 Å². The van der Waals surface area contributed by atoms with Crippen molar-refractivity contribution >= 4 is 6.08 Å². The van der Waals surface area contributed by atoms with Crippen LogP contribution in [0.15, 0.2) is 78.4 Å². The normalized spacial score (nSPS) is 9.30. The fourth-order valence-electron chi connectivity index (χ4n) is 2.60. The number of rotatable bonds is 4. The zero-order chi connectivity index (χ0) is 21.2. The van der Waals surface area contributed by atoms with E-state index in [0.29, 0.717) is 5.57 Å². The molecule has 0 bridgehead atoms. The number of hydrogen-bond acceptors (Lipinski definition) is 3. The molecule has 0 aromatic heterocycles. The topological polar surface area (TPSA) is 27.7 Å². The minimum Gasteiger partial charge on any atom is -0.497 e. The highest BCUT2D eigenvalue weighted by molar-refractivity contribution is 5.67. The lowest BCUT2D eigenvalue weighted by atomic mass is 10.1. The van der Waals surface area contributed by atoms with Gasteiger partial charge in [0.15, 0.2) is 0 Å². The first kappa shape index (κ1) is 20.6. The van der Waals surface area contributed by atoms with Crippen LogP contribution in [0, 0.1) is 23.7 Å². The van der Waals surface area contributed by atoms with Crippen LogP contribution in [0.25, 0.3) is 6.08 Å². The molecule has 148 valence electrons. The Kier molecular flexibility index (Phi) is 7.20. The van der Waals surface area contributed by atoms with Gasteiger partial charge in [-0.15, -0.1) is 0 Å². The molecular weight excluding hydrogens is 372 g/mol. The summed E-state index contributed by atoms with van der Waals surface area (Å²) in [5.41, 5.74) is 3.50. The van der Waals surface area contributed by atoms with E-state index in [9.17, 15) is 0 Å². The molecule has 0 aliphatic carbocycles. The summed E-state index contributed by atoms with van der Waals surface area (Å²) in [5.74, 6) is 15.1. The van der Waals surface area contributed by atoms with E-state index in [0.717, 1.165) is 33.9 Å². The van der Waals surface area contributed by atoms with Crippen molar-refractivity contribution in [2.75, 3.05) is 21.3 Å². The third-order valence-electron chi connectivity index (χ3n) is 4.29. The van der Waals surface area contributed by atoms with Gasteiger partial charge in [0.2, 0.25) is 0 Å². The van der Waals surface area contributed by atoms with Gasteiger partial charge in [-0.1, -0.05) is 35.8 Å².